The number of methoxy groups -OCH3 is 1. The van der Waals surface area contributed by atoms with Gasteiger partial charge in [-0.15, -0.1) is 11.3 Å². The largest absolute Gasteiger partial charge is 0.493 e. The van der Waals surface area contributed by atoms with Gasteiger partial charge < -0.3 is 9.47 Å². The Labute approximate surface area is 172 Å². The van der Waals surface area contributed by atoms with Crippen LogP contribution in [-0.2, 0) is 0 Å². The van der Waals surface area contributed by atoms with E-state index in [-0.39, 0.29) is 0 Å². The van der Waals surface area contributed by atoms with Crippen LogP contribution in [0.25, 0.3) is 10.6 Å². The molecule has 29 heavy (non-hydrogen) atoms. The zero-order chi connectivity index (χ0) is 20.8. The summed E-state index contributed by atoms with van der Waals surface area (Å²) in [4.78, 5) is 29.8. The lowest BCUT2D eigenvalue weighted by Crippen LogP contribution is -2.41. The van der Waals surface area contributed by atoms with E-state index in [9.17, 15) is 9.59 Å². The highest BCUT2D eigenvalue weighted by Gasteiger charge is 2.18. The third-order valence-electron chi connectivity index (χ3n) is 4.04. The Hall–Kier alpha value is -3.39. The average Bonchev–Trinajstić information content (AvgIpc) is 3.14. The number of amides is 2. The quantitative estimate of drug-likeness (QED) is 0.605. The number of carbonyl (C=O) groups is 2. The molecule has 1 aromatic heterocycles. The number of aromatic nitrogens is 1. The van der Waals surface area contributed by atoms with E-state index in [4.69, 9.17) is 9.47 Å². The fourth-order valence-electron chi connectivity index (χ4n) is 2.64. The van der Waals surface area contributed by atoms with Crippen LogP contribution in [0.1, 0.15) is 32.6 Å². The summed E-state index contributed by atoms with van der Waals surface area (Å²) in [6.07, 6.45) is 0. The van der Waals surface area contributed by atoms with Gasteiger partial charge in [0.05, 0.1) is 19.4 Å². The summed E-state index contributed by atoms with van der Waals surface area (Å²) in [5, 5.41) is 0.746. The maximum absolute atomic E-state index is 12.5. The summed E-state index contributed by atoms with van der Waals surface area (Å²) in [7, 11) is 1.53. The molecule has 3 rings (SSSR count). The minimum absolute atomic E-state index is 0.334. The molecular weight excluding hydrogens is 390 g/mol. The SMILES string of the molecule is CCOc1cc(C(=O)NNC(=O)c2sc(-c3ccccc3)nc2C)ccc1OC. The lowest BCUT2D eigenvalue weighted by molar-refractivity contribution is 0.0848. The molecule has 0 radical (unpaired) electrons. The molecule has 0 atom stereocenters. The summed E-state index contributed by atoms with van der Waals surface area (Å²) in [6.45, 7) is 4.04. The second kappa shape index (κ2) is 9.20. The predicted molar refractivity (Wildman–Crippen MR) is 111 cm³/mol. The zero-order valence-electron chi connectivity index (χ0n) is 16.3. The summed E-state index contributed by atoms with van der Waals surface area (Å²) in [5.41, 5.74) is 6.74. The normalized spacial score (nSPS) is 10.3. The molecule has 0 aliphatic heterocycles. The van der Waals surface area contributed by atoms with E-state index >= 15 is 0 Å². The Bertz CT molecular complexity index is 1020. The van der Waals surface area contributed by atoms with Crippen molar-refractivity contribution in [1.29, 1.82) is 0 Å². The van der Waals surface area contributed by atoms with Crippen molar-refractivity contribution in [3.8, 4) is 22.1 Å². The predicted octanol–water partition coefficient (Wildman–Crippen LogP) is 3.60. The van der Waals surface area contributed by atoms with Gasteiger partial charge in [-0.3, -0.25) is 20.4 Å². The monoisotopic (exact) mass is 411 g/mol. The van der Waals surface area contributed by atoms with Crippen LogP contribution < -0.4 is 20.3 Å². The van der Waals surface area contributed by atoms with Gasteiger partial charge >= 0.3 is 0 Å². The second-order valence-electron chi connectivity index (χ2n) is 6.01. The van der Waals surface area contributed by atoms with Crippen molar-refractivity contribution < 1.29 is 19.1 Å². The first kappa shape index (κ1) is 20.3. The van der Waals surface area contributed by atoms with Crippen LogP contribution in [0.5, 0.6) is 11.5 Å². The van der Waals surface area contributed by atoms with Gasteiger partial charge in [-0.2, -0.15) is 0 Å². The number of aryl methyl sites for hydroxylation is 1. The molecule has 0 spiro atoms. The van der Waals surface area contributed by atoms with Gasteiger partial charge in [-0.05, 0) is 32.0 Å². The van der Waals surface area contributed by atoms with Gasteiger partial charge in [0.15, 0.2) is 11.5 Å². The molecule has 0 saturated carbocycles. The molecule has 3 aromatic rings. The van der Waals surface area contributed by atoms with Crippen LogP contribution in [-0.4, -0.2) is 30.5 Å². The summed E-state index contributed by atoms with van der Waals surface area (Å²) >= 11 is 1.27. The third kappa shape index (κ3) is 4.72. The van der Waals surface area contributed by atoms with Crippen LogP contribution in [0.15, 0.2) is 48.5 Å². The van der Waals surface area contributed by atoms with E-state index in [0.717, 1.165) is 10.6 Å². The Kier molecular flexibility index (Phi) is 6.46. The number of thiazole rings is 1. The first-order valence-corrected chi connectivity index (χ1v) is 9.79. The topological polar surface area (TPSA) is 89.6 Å². The Morgan fingerprint density at radius 2 is 1.76 bits per heavy atom. The zero-order valence-corrected chi connectivity index (χ0v) is 17.1. The number of ether oxygens (including phenoxy) is 2. The van der Waals surface area contributed by atoms with E-state index in [2.05, 4.69) is 15.8 Å². The standard InChI is InChI=1S/C21H21N3O4S/c1-4-28-17-12-15(10-11-16(17)27-3)19(25)23-24-20(26)18-13(2)22-21(29-18)14-8-6-5-7-9-14/h5-12H,4H2,1-3H3,(H,23,25)(H,24,26). The summed E-state index contributed by atoms with van der Waals surface area (Å²) in [6, 6.07) is 14.4. The molecule has 8 heteroatoms. The third-order valence-corrected chi connectivity index (χ3v) is 5.24. The molecule has 150 valence electrons. The molecule has 0 aliphatic carbocycles. The Morgan fingerprint density at radius 1 is 1.03 bits per heavy atom. The number of hydrogen-bond acceptors (Lipinski definition) is 6. The molecular formula is C21H21N3O4S. The van der Waals surface area contributed by atoms with Crippen molar-refractivity contribution in [2.75, 3.05) is 13.7 Å². The number of hydrogen-bond donors (Lipinski definition) is 2. The van der Waals surface area contributed by atoms with E-state index in [1.807, 2.05) is 37.3 Å². The second-order valence-corrected chi connectivity index (χ2v) is 7.01. The number of nitrogens with one attached hydrogen (secondary N) is 2. The van der Waals surface area contributed by atoms with Crippen LogP contribution in [0, 0.1) is 6.92 Å². The highest BCUT2D eigenvalue weighted by atomic mass is 32.1. The van der Waals surface area contributed by atoms with Gasteiger partial charge in [0.2, 0.25) is 0 Å². The van der Waals surface area contributed by atoms with Crippen molar-refractivity contribution in [2.45, 2.75) is 13.8 Å². The molecule has 0 saturated heterocycles. The number of rotatable bonds is 6. The lowest BCUT2D eigenvalue weighted by Gasteiger charge is -2.11. The van der Waals surface area contributed by atoms with Crippen molar-refractivity contribution in [3.05, 3.63) is 64.7 Å². The van der Waals surface area contributed by atoms with Gasteiger partial charge in [0.1, 0.15) is 9.88 Å². The van der Waals surface area contributed by atoms with Crippen LogP contribution in [0.3, 0.4) is 0 Å². The highest BCUT2D eigenvalue weighted by molar-refractivity contribution is 7.17. The number of benzene rings is 2. The summed E-state index contributed by atoms with van der Waals surface area (Å²) in [5.74, 6) is 0.0995. The molecule has 0 bridgehead atoms. The maximum Gasteiger partial charge on any atom is 0.281 e. The summed E-state index contributed by atoms with van der Waals surface area (Å²) < 4.78 is 10.7. The van der Waals surface area contributed by atoms with E-state index in [1.165, 1.54) is 18.4 Å². The first-order valence-electron chi connectivity index (χ1n) is 8.97. The number of nitrogens with zero attached hydrogens (tertiary/aromatic N) is 1. The maximum atomic E-state index is 12.5. The molecule has 7 nitrogen and oxygen atoms in total. The molecule has 0 fully saturated rings. The van der Waals surface area contributed by atoms with Crippen LogP contribution in [0.4, 0.5) is 0 Å². The smallest absolute Gasteiger partial charge is 0.281 e. The van der Waals surface area contributed by atoms with E-state index < -0.39 is 11.8 Å². The molecule has 2 N–H and O–H groups in total. The van der Waals surface area contributed by atoms with Gasteiger partial charge in [0.25, 0.3) is 11.8 Å². The lowest BCUT2D eigenvalue weighted by atomic mass is 10.2. The molecule has 1 heterocycles. The Balaban J connectivity index is 1.69. The minimum Gasteiger partial charge on any atom is -0.493 e. The number of carbonyl (C=O) groups excluding carboxylic acids is 2. The fraction of sp³-hybridized carbons (Fsp3) is 0.190. The Morgan fingerprint density at radius 3 is 2.45 bits per heavy atom. The average molecular weight is 411 g/mol. The van der Waals surface area contributed by atoms with Crippen molar-refractivity contribution in [1.82, 2.24) is 15.8 Å². The fourth-order valence-corrected chi connectivity index (χ4v) is 3.61. The van der Waals surface area contributed by atoms with Crippen molar-refractivity contribution in [2.24, 2.45) is 0 Å². The first-order chi connectivity index (χ1) is 14.0. The molecule has 2 amide bonds. The van der Waals surface area contributed by atoms with Crippen molar-refractivity contribution in [3.63, 3.8) is 0 Å². The molecule has 0 unspecified atom stereocenters. The van der Waals surface area contributed by atoms with E-state index in [0.29, 0.717) is 34.2 Å². The molecule has 0 aliphatic rings. The van der Waals surface area contributed by atoms with Gasteiger partial charge in [-0.25, -0.2) is 4.98 Å². The van der Waals surface area contributed by atoms with Gasteiger partial charge in [0, 0.05) is 11.1 Å². The van der Waals surface area contributed by atoms with Gasteiger partial charge in [-0.1, -0.05) is 30.3 Å². The van der Waals surface area contributed by atoms with Crippen LogP contribution in [0.2, 0.25) is 0 Å². The van der Waals surface area contributed by atoms with Crippen LogP contribution >= 0.6 is 11.3 Å². The van der Waals surface area contributed by atoms with E-state index in [1.54, 1.807) is 25.1 Å². The van der Waals surface area contributed by atoms with Crippen molar-refractivity contribution >= 4 is 23.2 Å². The minimum atomic E-state index is -0.465. The highest BCUT2D eigenvalue weighted by Crippen LogP contribution is 2.29. The number of hydrazine groups is 1. The molecule has 2 aromatic carbocycles.